The average Bonchev–Trinajstić information content (AvgIpc) is 2.91. The van der Waals surface area contributed by atoms with Gasteiger partial charge in [0.25, 0.3) is 0 Å². The molecular formula is C16H13Br2NO2. The molecule has 0 unspecified atom stereocenters. The van der Waals surface area contributed by atoms with Crippen molar-refractivity contribution in [1.29, 1.82) is 0 Å². The van der Waals surface area contributed by atoms with Crippen molar-refractivity contribution in [1.82, 2.24) is 5.32 Å². The van der Waals surface area contributed by atoms with Crippen LogP contribution >= 0.6 is 31.9 Å². The molecule has 0 fully saturated rings. The molecule has 108 valence electrons. The zero-order valence-electron chi connectivity index (χ0n) is 11.1. The zero-order chi connectivity index (χ0) is 14.8. The predicted octanol–water partition coefficient (Wildman–Crippen LogP) is 4.95. The summed E-state index contributed by atoms with van der Waals surface area (Å²) in [5, 5.41) is 14.4. The van der Waals surface area contributed by atoms with Crippen molar-refractivity contribution in [3.05, 3.63) is 62.7 Å². The van der Waals surface area contributed by atoms with Gasteiger partial charge in [-0.3, -0.25) is 0 Å². The summed E-state index contributed by atoms with van der Waals surface area (Å²) in [7, 11) is 0. The highest BCUT2D eigenvalue weighted by Gasteiger charge is 2.07. The molecule has 3 rings (SSSR count). The first-order valence-corrected chi connectivity index (χ1v) is 8.06. The summed E-state index contributed by atoms with van der Waals surface area (Å²) in [6.45, 7) is 1.29. The smallest absolute Gasteiger partial charge is 0.134 e. The van der Waals surface area contributed by atoms with Crippen LogP contribution in [0.5, 0.6) is 5.75 Å². The Labute approximate surface area is 139 Å². The lowest BCUT2D eigenvalue weighted by molar-refractivity contribution is 0.461. The van der Waals surface area contributed by atoms with Crippen molar-refractivity contribution in [2.24, 2.45) is 0 Å². The Balaban J connectivity index is 1.68. The van der Waals surface area contributed by atoms with Crippen molar-refractivity contribution >= 4 is 42.8 Å². The van der Waals surface area contributed by atoms with Crippen LogP contribution in [0.25, 0.3) is 11.0 Å². The number of halogens is 2. The molecule has 0 aliphatic rings. The van der Waals surface area contributed by atoms with E-state index in [-0.39, 0.29) is 5.75 Å². The fourth-order valence-corrected chi connectivity index (χ4v) is 3.52. The Morgan fingerprint density at radius 3 is 2.76 bits per heavy atom. The fourth-order valence-electron chi connectivity index (χ4n) is 2.20. The van der Waals surface area contributed by atoms with Gasteiger partial charge in [0.05, 0.1) is 10.7 Å². The number of hydrogen-bond donors (Lipinski definition) is 2. The van der Waals surface area contributed by atoms with Gasteiger partial charge in [-0.1, -0.05) is 28.1 Å². The van der Waals surface area contributed by atoms with Gasteiger partial charge < -0.3 is 14.8 Å². The van der Waals surface area contributed by atoms with Gasteiger partial charge in [-0.2, -0.15) is 0 Å². The van der Waals surface area contributed by atoms with Crippen LogP contribution in [0.3, 0.4) is 0 Å². The summed E-state index contributed by atoms with van der Waals surface area (Å²) in [6, 6.07) is 11.8. The number of hydrogen-bond acceptors (Lipinski definition) is 3. The van der Waals surface area contributed by atoms with Crippen LogP contribution in [-0.2, 0) is 13.1 Å². The van der Waals surface area contributed by atoms with Gasteiger partial charge in [-0.25, -0.2) is 0 Å². The first-order chi connectivity index (χ1) is 10.1. The van der Waals surface area contributed by atoms with Crippen LogP contribution in [0.2, 0.25) is 0 Å². The van der Waals surface area contributed by atoms with Crippen LogP contribution < -0.4 is 5.32 Å². The molecule has 0 aliphatic heterocycles. The molecule has 21 heavy (non-hydrogen) atoms. The summed E-state index contributed by atoms with van der Waals surface area (Å²) >= 11 is 6.76. The molecule has 0 amide bonds. The molecule has 1 heterocycles. The molecule has 2 aromatic carbocycles. The Kier molecular flexibility index (Phi) is 4.33. The number of nitrogens with one attached hydrogen (secondary N) is 1. The standard InChI is InChI=1S/C16H13Br2NO2/c17-13-6-12(16(20)14(18)7-13)9-19-8-10-1-2-11-3-4-21-15(11)5-10/h1-7,19-20H,8-9H2. The van der Waals surface area contributed by atoms with Gasteiger partial charge in [0.2, 0.25) is 0 Å². The van der Waals surface area contributed by atoms with E-state index < -0.39 is 0 Å². The normalized spacial score (nSPS) is 11.1. The minimum absolute atomic E-state index is 0.271. The predicted molar refractivity (Wildman–Crippen MR) is 90.3 cm³/mol. The van der Waals surface area contributed by atoms with Crippen LogP contribution in [-0.4, -0.2) is 5.11 Å². The van der Waals surface area contributed by atoms with Crippen LogP contribution in [0.4, 0.5) is 0 Å². The first-order valence-electron chi connectivity index (χ1n) is 6.47. The number of rotatable bonds is 4. The fraction of sp³-hybridized carbons (Fsp3) is 0.125. The highest BCUT2D eigenvalue weighted by atomic mass is 79.9. The van der Waals surface area contributed by atoms with E-state index in [0.717, 1.165) is 26.6 Å². The second-order valence-electron chi connectivity index (χ2n) is 4.79. The number of fused-ring (bicyclic) bond motifs is 1. The molecule has 0 saturated carbocycles. The molecule has 0 radical (unpaired) electrons. The number of benzene rings is 2. The van der Waals surface area contributed by atoms with E-state index in [0.29, 0.717) is 17.6 Å². The third-order valence-corrected chi connectivity index (χ3v) is 4.33. The average molecular weight is 411 g/mol. The Hall–Kier alpha value is -1.30. The minimum atomic E-state index is 0.271. The SMILES string of the molecule is Oc1c(Br)cc(Br)cc1CNCc1ccc2ccoc2c1. The summed E-state index contributed by atoms with van der Waals surface area (Å²) in [6.07, 6.45) is 1.69. The van der Waals surface area contributed by atoms with E-state index in [1.165, 1.54) is 0 Å². The lowest BCUT2D eigenvalue weighted by Gasteiger charge is -2.09. The Morgan fingerprint density at radius 2 is 1.90 bits per heavy atom. The summed E-state index contributed by atoms with van der Waals surface area (Å²) in [5.41, 5.74) is 2.88. The number of furan rings is 1. The maximum atomic E-state index is 10.0. The molecule has 0 bridgehead atoms. The van der Waals surface area contributed by atoms with E-state index >= 15 is 0 Å². The second kappa shape index (κ2) is 6.22. The van der Waals surface area contributed by atoms with E-state index in [4.69, 9.17) is 4.42 Å². The molecule has 0 aliphatic carbocycles. The van der Waals surface area contributed by atoms with Crippen molar-refractivity contribution in [3.8, 4) is 5.75 Å². The van der Waals surface area contributed by atoms with E-state index in [2.05, 4.69) is 43.2 Å². The van der Waals surface area contributed by atoms with Gasteiger partial charge >= 0.3 is 0 Å². The molecule has 0 saturated heterocycles. The van der Waals surface area contributed by atoms with E-state index in [9.17, 15) is 5.11 Å². The minimum Gasteiger partial charge on any atom is -0.506 e. The molecule has 3 nitrogen and oxygen atoms in total. The monoisotopic (exact) mass is 409 g/mol. The van der Waals surface area contributed by atoms with Gasteiger partial charge in [-0.15, -0.1) is 0 Å². The van der Waals surface area contributed by atoms with Crippen molar-refractivity contribution in [2.45, 2.75) is 13.1 Å². The highest BCUT2D eigenvalue weighted by Crippen LogP contribution is 2.31. The van der Waals surface area contributed by atoms with Crippen LogP contribution in [0.1, 0.15) is 11.1 Å². The van der Waals surface area contributed by atoms with Crippen molar-refractivity contribution in [2.75, 3.05) is 0 Å². The van der Waals surface area contributed by atoms with Gasteiger partial charge in [0, 0.05) is 28.5 Å². The van der Waals surface area contributed by atoms with Gasteiger partial charge in [0.1, 0.15) is 11.3 Å². The maximum absolute atomic E-state index is 10.0. The van der Waals surface area contributed by atoms with Crippen LogP contribution in [0.15, 0.2) is 56.0 Å². The summed E-state index contributed by atoms with van der Waals surface area (Å²) in [4.78, 5) is 0. The largest absolute Gasteiger partial charge is 0.506 e. The highest BCUT2D eigenvalue weighted by molar-refractivity contribution is 9.11. The third-order valence-electron chi connectivity index (χ3n) is 3.27. The maximum Gasteiger partial charge on any atom is 0.134 e. The van der Waals surface area contributed by atoms with Crippen molar-refractivity contribution in [3.63, 3.8) is 0 Å². The quantitative estimate of drug-likeness (QED) is 0.639. The van der Waals surface area contributed by atoms with Gasteiger partial charge in [-0.05, 0) is 45.8 Å². The van der Waals surface area contributed by atoms with Crippen LogP contribution in [0, 0.1) is 0 Å². The van der Waals surface area contributed by atoms with E-state index in [1.807, 2.05) is 30.3 Å². The lowest BCUT2D eigenvalue weighted by atomic mass is 10.1. The van der Waals surface area contributed by atoms with Gasteiger partial charge in [0.15, 0.2) is 0 Å². The second-order valence-corrected chi connectivity index (χ2v) is 6.56. The number of phenols is 1. The molecule has 3 aromatic rings. The molecule has 2 N–H and O–H groups in total. The lowest BCUT2D eigenvalue weighted by Crippen LogP contribution is -2.12. The third kappa shape index (κ3) is 3.31. The summed E-state index contributed by atoms with van der Waals surface area (Å²) in [5.74, 6) is 0.271. The number of phenolic OH excluding ortho intramolecular Hbond substituents is 1. The molecular weight excluding hydrogens is 398 g/mol. The zero-order valence-corrected chi connectivity index (χ0v) is 14.2. The Morgan fingerprint density at radius 1 is 1.05 bits per heavy atom. The Bertz CT molecular complexity index is 783. The molecule has 5 heteroatoms. The summed E-state index contributed by atoms with van der Waals surface area (Å²) < 4.78 is 7.01. The van der Waals surface area contributed by atoms with E-state index in [1.54, 1.807) is 6.26 Å². The number of aromatic hydroxyl groups is 1. The molecule has 0 atom stereocenters. The van der Waals surface area contributed by atoms with Crippen molar-refractivity contribution < 1.29 is 9.52 Å². The first kappa shape index (κ1) is 14.6. The molecule has 0 spiro atoms. The molecule has 1 aromatic heterocycles. The topological polar surface area (TPSA) is 45.4 Å².